The summed E-state index contributed by atoms with van der Waals surface area (Å²) in [5.41, 5.74) is 2.50. The van der Waals surface area contributed by atoms with E-state index in [2.05, 4.69) is 19.9 Å². The van der Waals surface area contributed by atoms with Crippen molar-refractivity contribution in [2.24, 2.45) is 0 Å². The Balaban J connectivity index is 2.06. The van der Waals surface area contributed by atoms with Crippen molar-refractivity contribution in [2.45, 2.75) is 0 Å². The Labute approximate surface area is 107 Å². The van der Waals surface area contributed by atoms with E-state index in [1.54, 1.807) is 24.5 Å². The van der Waals surface area contributed by atoms with Crippen LogP contribution in [0.3, 0.4) is 0 Å². The Morgan fingerprint density at radius 2 is 1.84 bits per heavy atom. The van der Waals surface area contributed by atoms with Crippen LogP contribution in [0, 0.1) is 10.1 Å². The number of non-ortho nitro benzene ring substituents is 1. The Morgan fingerprint density at radius 1 is 1.05 bits per heavy atom. The molecule has 3 aromatic rings. The van der Waals surface area contributed by atoms with Crippen molar-refractivity contribution in [3.05, 3.63) is 53.1 Å². The van der Waals surface area contributed by atoms with Crippen molar-refractivity contribution >= 4 is 16.9 Å². The largest absolute Gasteiger partial charge is 0.269 e. The number of fused-ring (bicyclic) bond motifs is 1. The molecule has 0 radical (unpaired) electrons. The first kappa shape index (κ1) is 11.1. The topological polar surface area (TPSA) is 94.7 Å². The average molecular weight is 253 g/mol. The summed E-state index contributed by atoms with van der Waals surface area (Å²) < 4.78 is 0. The Kier molecular flexibility index (Phi) is 2.57. The second-order valence-corrected chi connectivity index (χ2v) is 3.79. The first-order valence-corrected chi connectivity index (χ1v) is 5.41. The van der Waals surface area contributed by atoms with Gasteiger partial charge in [-0.2, -0.15) is 0 Å². The van der Waals surface area contributed by atoms with Crippen molar-refractivity contribution in [1.82, 2.24) is 19.9 Å². The number of aromatic nitrogens is 4. The molecule has 0 spiro atoms. The Hall–Kier alpha value is -2.96. The monoisotopic (exact) mass is 253 g/mol. The number of nitro groups is 1. The summed E-state index contributed by atoms with van der Waals surface area (Å²) in [6.07, 6.45) is 4.57. The van der Waals surface area contributed by atoms with Gasteiger partial charge in [0.1, 0.15) is 11.8 Å². The van der Waals surface area contributed by atoms with Gasteiger partial charge in [-0.25, -0.2) is 19.9 Å². The molecule has 2 aromatic heterocycles. The maximum absolute atomic E-state index is 10.6. The van der Waals surface area contributed by atoms with Gasteiger partial charge in [-0.3, -0.25) is 10.1 Å². The minimum atomic E-state index is -0.441. The molecule has 0 saturated carbocycles. The molecule has 0 saturated heterocycles. The highest BCUT2D eigenvalue weighted by Crippen LogP contribution is 2.21. The second kappa shape index (κ2) is 4.37. The maximum Gasteiger partial charge on any atom is 0.269 e. The molecule has 0 bridgehead atoms. The Bertz CT molecular complexity index is 757. The summed E-state index contributed by atoms with van der Waals surface area (Å²) in [5.74, 6) is 0. The zero-order valence-corrected chi connectivity index (χ0v) is 9.59. The molecule has 0 fully saturated rings. The predicted octanol–water partition coefficient (Wildman–Crippen LogP) is 1.99. The quantitative estimate of drug-likeness (QED) is 0.512. The Morgan fingerprint density at radius 3 is 2.58 bits per heavy atom. The van der Waals surface area contributed by atoms with Gasteiger partial charge in [0.25, 0.3) is 5.69 Å². The molecule has 7 nitrogen and oxygen atoms in total. The van der Waals surface area contributed by atoms with Crippen LogP contribution in [0.1, 0.15) is 0 Å². The molecule has 0 aliphatic carbocycles. The summed E-state index contributed by atoms with van der Waals surface area (Å²) in [4.78, 5) is 26.6. The highest BCUT2D eigenvalue weighted by Gasteiger charge is 2.07. The lowest BCUT2D eigenvalue weighted by atomic mass is 10.1. The van der Waals surface area contributed by atoms with E-state index in [1.165, 1.54) is 18.5 Å². The molecular formula is C12H7N5O2. The number of nitro benzene ring substituents is 1. The summed E-state index contributed by atoms with van der Waals surface area (Å²) >= 11 is 0. The smallest absolute Gasteiger partial charge is 0.258 e. The van der Waals surface area contributed by atoms with Gasteiger partial charge in [-0.1, -0.05) is 0 Å². The third-order valence-electron chi connectivity index (χ3n) is 2.60. The van der Waals surface area contributed by atoms with Gasteiger partial charge < -0.3 is 0 Å². The predicted molar refractivity (Wildman–Crippen MR) is 67.2 cm³/mol. The van der Waals surface area contributed by atoms with Crippen LogP contribution in [0.5, 0.6) is 0 Å². The molecule has 0 atom stereocenters. The molecule has 92 valence electrons. The average Bonchev–Trinajstić information content (AvgIpc) is 2.47. The summed E-state index contributed by atoms with van der Waals surface area (Å²) in [7, 11) is 0. The molecule has 1 aromatic carbocycles. The molecule has 7 heteroatoms. The number of rotatable bonds is 2. The van der Waals surface area contributed by atoms with Crippen molar-refractivity contribution in [3.63, 3.8) is 0 Å². The number of hydrogen-bond donors (Lipinski definition) is 0. The van der Waals surface area contributed by atoms with Crippen molar-refractivity contribution < 1.29 is 4.92 Å². The number of hydrogen-bond acceptors (Lipinski definition) is 6. The van der Waals surface area contributed by atoms with E-state index in [-0.39, 0.29) is 5.69 Å². The van der Waals surface area contributed by atoms with Gasteiger partial charge >= 0.3 is 0 Å². The van der Waals surface area contributed by atoms with Crippen molar-refractivity contribution in [3.8, 4) is 11.3 Å². The van der Waals surface area contributed by atoms with Crippen LogP contribution >= 0.6 is 0 Å². The lowest BCUT2D eigenvalue weighted by Crippen LogP contribution is -1.92. The van der Waals surface area contributed by atoms with E-state index in [1.807, 2.05) is 0 Å². The molecule has 0 aliphatic heterocycles. The van der Waals surface area contributed by atoms with Crippen LogP contribution in [0.2, 0.25) is 0 Å². The minimum Gasteiger partial charge on any atom is -0.258 e. The van der Waals surface area contributed by atoms with E-state index in [4.69, 9.17) is 0 Å². The van der Waals surface area contributed by atoms with Gasteiger partial charge in [0.05, 0.1) is 23.0 Å². The summed E-state index contributed by atoms with van der Waals surface area (Å²) in [6.45, 7) is 0. The van der Waals surface area contributed by atoms with Gasteiger partial charge in [-0.05, 0) is 12.1 Å². The molecule has 3 rings (SSSR count). The zero-order chi connectivity index (χ0) is 13.2. The second-order valence-electron chi connectivity index (χ2n) is 3.79. The van der Waals surface area contributed by atoms with Gasteiger partial charge in [0.2, 0.25) is 0 Å². The van der Waals surface area contributed by atoms with Crippen LogP contribution in [-0.4, -0.2) is 24.9 Å². The molecule has 0 aliphatic rings. The first-order chi connectivity index (χ1) is 9.24. The van der Waals surface area contributed by atoms with Crippen LogP contribution < -0.4 is 0 Å². The summed E-state index contributed by atoms with van der Waals surface area (Å²) in [6, 6.07) is 6.13. The van der Waals surface area contributed by atoms with Crippen molar-refractivity contribution in [2.75, 3.05) is 0 Å². The molecule has 2 heterocycles. The lowest BCUT2D eigenvalue weighted by molar-refractivity contribution is -0.384. The maximum atomic E-state index is 10.6. The third-order valence-corrected chi connectivity index (χ3v) is 2.60. The fraction of sp³-hybridized carbons (Fsp3) is 0. The molecular weight excluding hydrogens is 246 g/mol. The van der Waals surface area contributed by atoms with Gasteiger partial charge in [0, 0.05) is 17.7 Å². The lowest BCUT2D eigenvalue weighted by Gasteiger charge is -2.01. The van der Waals surface area contributed by atoms with Crippen LogP contribution in [0.4, 0.5) is 5.69 Å². The number of benzene rings is 1. The molecule has 0 amide bonds. The van der Waals surface area contributed by atoms with E-state index >= 15 is 0 Å². The van der Waals surface area contributed by atoms with Crippen molar-refractivity contribution in [1.29, 1.82) is 0 Å². The van der Waals surface area contributed by atoms with Gasteiger partial charge in [0.15, 0.2) is 5.65 Å². The standard InChI is InChI=1S/C12H7N5O2/c18-17(19)9-3-1-8(2-4-9)10-6-14-11-5-13-7-15-12(11)16-10/h1-7H. The molecule has 0 N–H and O–H groups in total. The SMILES string of the molecule is O=[N+]([O-])c1ccc(-c2cnc3cncnc3n2)cc1. The van der Waals surface area contributed by atoms with Crippen LogP contribution in [0.25, 0.3) is 22.4 Å². The molecule has 0 unspecified atom stereocenters. The van der Waals surface area contributed by atoms with Crippen LogP contribution in [0.15, 0.2) is 43.0 Å². The van der Waals surface area contributed by atoms with E-state index in [0.717, 1.165) is 5.56 Å². The fourth-order valence-corrected chi connectivity index (χ4v) is 1.66. The van der Waals surface area contributed by atoms with E-state index < -0.39 is 4.92 Å². The number of nitrogens with zero attached hydrogens (tertiary/aromatic N) is 5. The third kappa shape index (κ3) is 2.08. The highest BCUT2D eigenvalue weighted by molar-refractivity contribution is 5.72. The first-order valence-electron chi connectivity index (χ1n) is 5.41. The van der Waals surface area contributed by atoms with Crippen LogP contribution in [-0.2, 0) is 0 Å². The zero-order valence-electron chi connectivity index (χ0n) is 9.59. The summed E-state index contributed by atoms with van der Waals surface area (Å²) in [5, 5.41) is 10.6. The fourth-order valence-electron chi connectivity index (χ4n) is 1.66. The van der Waals surface area contributed by atoms with E-state index in [9.17, 15) is 10.1 Å². The molecule has 19 heavy (non-hydrogen) atoms. The minimum absolute atomic E-state index is 0.0415. The highest BCUT2D eigenvalue weighted by atomic mass is 16.6. The normalized spacial score (nSPS) is 10.5. The van der Waals surface area contributed by atoms with E-state index in [0.29, 0.717) is 16.9 Å². The van der Waals surface area contributed by atoms with Gasteiger partial charge in [-0.15, -0.1) is 0 Å².